The van der Waals surface area contributed by atoms with Gasteiger partial charge in [-0.05, 0) is 44.0 Å². The van der Waals surface area contributed by atoms with E-state index in [0.717, 1.165) is 12.1 Å². The summed E-state index contributed by atoms with van der Waals surface area (Å²) in [6.45, 7) is 0. The molecule has 0 spiro atoms. The van der Waals surface area contributed by atoms with E-state index in [1.165, 1.54) is 5.32 Å². The quantitative estimate of drug-likeness (QED) is 0.707. The highest BCUT2D eigenvalue weighted by molar-refractivity contribution is 9.13. The molecule has 0 aliphatic rings. The monoisotopic (exact) mass is 443 g/mol. The molecule has 0 fully saturated rings. The third kappa shape index (κ3) is 4.33. The van der Waals surface area contributed by atoms with Gasteiger partial charge in [0.25, 0.3) is 9.05 Å². The fourth-order valence-corrected chi connectivity index (χ4v) is 3.71. The number of alkyl halides is 3. The smallest absolute Gasteiger partial charge is 0.318 e. The average Bonchev–Trinajstić information content (AvgIpc) is 2.19. The molecular formula is C8H3Br2ClF3NO3S. The normalized spacial score (nSPS) is 12.3. The number of amides is 1. The van der Waals surface area contributed by atoms with E-state index in [9.17, 15) is 26.4 Å². The van der Waals surface area contributed by atoms with Crippen LogP contribution >= 0.6 is 42.5 Å². The summed E-state index contributed by atoms with van der Waals surface area (Å²) in [5, 5.41) is 1.52. The first kappa shape index (κ1) is 16.7. The number of carbonyl (C=O) groups is 1. The Balaban J connectivity index is 3.27. The fourth-order valence-electron chi connectivity index (χ4n) is 1.02. The predicted octanol–water partition coefficient (Wildman–Crippen LogP) is 3.64. The Kier molecular flexibility index (Phi) is 4.92. The summed E-state index contributed by atoms with van der Waals surface area (Å²) in [5.74, 6) is -2.22. The third-order valence-corrected chi connectivity index (χ3v) is 5.39. The maximum Gasteiger partial charge on any atom is 0.471 e. The standard InChI is InChI=1S/C8H3Br2ClF3NO3S/c9-4-1-3(15-7(16)8(12,13)14)2-5(6(4)10)19(11,17)18/h1-2H,(H,15,16). The van der Waals surface area contributed by atoms with Gasteiger partial charge in [0.2, 0.25) is 0 Å². The van der Waals surface area contributed by atoms with Gasteiger partial charge in [0.05, 0.1) is 9.37 Å². The molecule has 1 N–H and O–H groups in total. The summed E-state index contributed by atoms with van der Waals surface area (Å²) < 4.78 is 58.8. The Bertz CT molecular complexity index is 633. The molecule has 0 radical (unpaired) electrons. The van der Waals surface area contributed by atoms with Gasteiger partial charge in [0, 0.05) is 20.8 Å². The number of carbonyl (C=O) groups excluding carboxylic acids is 1. The Labute approximate surface area is 127 Å². The predicted molar refractivity (Wildman–Crippen MR) is 69.6 cm³/mol. The van der Waals surface area contributed by atoms with Crippen molar-refractivity contribution in [2.24, 2.45) is 0 Å². The average molecular weight is 445 g/mol. The van der Waals surface area contributed by atoms with E-state index < -0.39 is 26.0 Å². The molecule has 0 aliphatic carbocycles. The molecule has 1 aromatic carbocycles. The van der Waals surface area contributed by atoms with Crippen molar-refractivity contribution in [3.05, 3.63) is 21.1 Å². The minimum atomic E-state index is -5.08. The number of hydrogen-bond acceptors (Lipinski definition) is 3. The molecule has 11 heteroatoms. The maximum absolute atomic E-state index is 12.1. The van der Waals surface area contributed by atoms with Gasteiger partial charge in [0.1, 0.15) is 0 Å². The Morgan fingerprint density at radius 1 is 1.26 bits per heavy atom. The zero-order chi connectivity index (χ0) is 15.0. The van der Waals surface area contributed by atoms with Gasteiger partial charge in [-0.15, -0.1) is 0 Å². The molecular weight excluding hydrogens is 442 g/mol. The molecule has 106 valence electrons. The second kappa shape index (κ2) is 5.58. The Morgan fingerprint density at radius 3 is 2.21 bits per heavy atom. The topological polar surface area (TPSA) is 63.2 Å². The van der Waals surface area contributed by atoms with Gasteiger partial charge in [-0.2, -0.15) is 13.2 Å². The van der Waals surface area contributed by atoms with Crippen molar-refractivity contribution in [1.82, 2.24) is 0 Å². The number of anilines is 1. The lowest BCUT2D eigenvalue weighted by Gasteiger charge is -2.10. The zero-order valence-corrected chi connectivity index (χ0v) is 13.3. The van der Waals surface area contributed by atoms with E-state index in [2.05, 4.69) is 31.9 Å². The highest BCUT2D eigenvalue weighted by Gasteiger charge is 2.38. The van der Waals surface area contributed by atoms with Crippen LogP contribution in [0.15, 0.2) is 26.0 Å². The second-order valence-electron chi connectivity index (χ2n) is 3.16. The number of nitrogens with one attached hydrogen (secondary N) is 1. The lowest BCUT2D eigenvalue weighted by atomic mass is 10.3. The minimum absolute atomic E-state index is 0.0347. The fraction of sp³-hybridized carbons (Fsp3) is 0.125. The van der Waals surface area contributed by atoms with Gasteiger partial charge in [-0.1, -0.05) is 0 Å². The Hall–Kier alpha value is -0.320. The summed E-state index contributed by atoms with van der Waals surface area (Å²) in [6.07, 6.45) is -5.08. The molecule has 1 rings (SSSR count). The molecule has 1 amide bonds. The highest BCUT2D eigenvalue weighted by atomic mass is 79.9. The minimum Gasteiger partial charge on any atom is -0.318 e. The van der Waals surface area contributed by atoms with Crippen LogP contribution in [0.3, 0.4) is 0 Å². The van der Waals surface area contributed by atoms with Crippen molar-refractivity contribution in [3.8, 4) is 0 Å². The van der Waals surface area contributed by atoms with Crippen molar-refractivity contribution in [3.63, 3.8) is 0 Å². The van der Waals surface area contributed by atoms with Crippen molar-refractivity contribution < 1.29 is 26.4 Å². The molecule has 0 atom stereocenters. The molecule has 1 aromatic rings. The van der Waals surface area contributed by atoms with Crippen LogP contribution in [0.4, 0.5) is 18.9 Å². The van der Waals surface area contributed by atoms with Crippen molar-refractivity contribution in [1.29, 1.82) is 0 Å². The molecule has 0 aliphatic heterocycles. The van der Waals surface area contributed by atoms with Crippen molar-refractivity contribution in [2.45, 2.75) is 11.1 Å². The molecule has 0 saturated carbocycles. The van der Waals surface area contributed by atoms with Crippen LogP contribution < -0.4 is 5.32 Å². The third-order valence-electron chi connectivity index (χ3n) is 1.77. The lowest BCUT2D eigenvalue weighted by molar-refractivity contribution is -0.167. The van der Waals surface area contributed by atoms with Crippen LogP contribution in [-0.2, 0) is 13.8 Å². The number of benzene rings is 1. The maximum atomic E-state index is 12.1. The van der Waals surface area contributed by atoms with Gasteiger partial charge >= 0.3 is 12.1 Å². The number of rotatable bonds is 2. The van der Waals surface area contributed by atoms with E-state index in [0.29, 0.717) is 0 Å². The molecule has 0 unspecified atom stereocenters. The van der Waals surface area contributed by atoms with E-state index in [-0.39, 0.29) is 14.6 Å². The van der Waals surface area contributed by atoms with E-state index in [1.54, 1.807) is 0 Å². The summed E-state index contributed by atoms with van der Waals surface area (Å²) in [7, 11) is 0.934. The van der Waals surface area contributed by atoms with Crippen LogP contribution in [0.5, 0.6) is 0 Å². The molecule has 0 heterocycles. The van der Waals surface area contributed by atoms with E-state index in [4.69, 9.17) is 10.7 Å². The van der Waals surface area contributed by atoms with Crippen LogP contribution in [0.25, 0.3) is 0 Å². The summed E-state index contributed by atoms with van der Waals surface area (Å²) in [6, 6.07) is 1.90. The van der Waals surface area contributed by atoms with E-state index in [1.807, 2.05) is 0 Å². The summed E-state index contributed by atoms with van der Waals surface area (Å²) in [4.78, 5) is 10.3. The highest BCUT2D eigenvalue weighted by Crippen LogP contribution is 2.35. The van der Waals surface area contributed by atoms with Crippen LogP contribution in [0, 0.1) is 0 Å². The first-order valence-corrected chi connectivity index (χ1v) is 8.14. The molecule has 4 nitrogen and oxygen atoms in total. The van der Waals surface area contributed by atoms with Crippen molar-refractivity contribution in [2.75, 3.05) is 5.32 Å². The molecule has 0 aromatic heterocycles. The van der Waals surface area contributed by atoms with E-state index >= 15 is 0 Å². The summed E-state index contributed by atoms with van der Waals surface area (Å²) >= 11 is 5.84. The molecule has 0 bridgehead atoms. The van der Waals surface area contributed by atoms with Gasteiger partial charge in [-0.3, -0.25) is 4.79 Å². The molecule has 0 saturated heterocycles. The van der Waals surface area contributed by atoms with Gasteiger partial charge in [-0.25, -0.2) is 8.42 Å². The molecule has 19 heavy (non-hydrogen) atoms. The van der Waals surface area contributed by atoms with Crippen LogP contribution in [-0.4, -0.2) is 20.5 Å². The first-order chi connectivity index (χ1) is 8.43. The summed E-state index contributed by atoms with van der Waals surface area (Å²) in [5.41, 5.74) is -0.364. The second-order valence-corrected chi connectivity index (χ2v) is 7.34. The first-order valence-electron chi connectivity index (χ1n) is 4.25. The Morgan fingerprint density at radius 2 is 1.79 bits per heavy atom. The van der Waals surface area contributed by atoms with Gasteiger partial charge < -0.3 is 5.32 Å². The number of hydrogen-bond donors (Lipinski definition) is 1. The SMILES string of the molecule is O=C(Nc1cc(Br)c(Br)c(S(=O)(=O)Cl)c1)C(F)(F)F. The van der Waals surface area contributed by atoms with Crippen molar-refractivity contribution >= 4 is 63.2 Å². The zero-order valence-electron chi connectivity index (χ0n) is 8.56. The lowest BCUT2D eigenvalue weighted by Crippen LogP contribution is -2.30. The number of halogens is 6. The van der Waals surface area contributed by atoms with Gasteiger partial charge in [0.15, 0.2) is 0 Å². The van der Waals surface area contributed by atoms with Crippen LogP contribution in [0.2, 0.25) is 0 Å². The largest absolute Gasteiger partial charge is 0.471 e. The van der Waals surface area contributed by atoms with Crippen LogP contribution in [0.1, 0.15) is 0 Å².